The fourth-order valence-corrected chi connectivity index (χ4v) is 5.78. The summed E-state index contributed by atoms with van der Waals surface area (Å²) in [6.45, 7) is 4.99. The van der Waals surface area contributed by atoms with E-state index >= 15 is 0 Å². The van der Waals surface area contributed by atoms with Crippen molar-refractivity contribution in [2.45, 2.75) is 58.8 Å². The molecule has 0 bridgehead atoms. The van der Waals surface area contributed by atoms with Crippen molar-refractivity contribution in [3.05, 3.63) is 41.1 Å². The van der Waals surface area contributed by atoms with Crippen LogP contribution in [0.15, 0.2) is 30.0 Å². The molecule has 0 heterocycles. The predicted octanol–water partition coefficient (Wildman–Crippen LogP) is 3.67. The van der Waals surface area contributed by atoms with Gasteiger partial charge in [-0.15, -0.1) is 0 Å². The highest BCUT2D eigenvalue weighted by Gasteiger charge is 2.56. The van der Waals surface area contributed by atoms with E-state index in [1.165, 1.54) is 25.0 Å². The molecule has 0 spiro atoms. The molecule has 1 N–H and O–H groups in total. The molecule has 1 aromatic carbocycles. The highest BCUT2D eigenvalue weighted by molar-refractivity contribution is 6.02. The Morgan fingerprint density at radius 3 is 2.75 bits per heavy atom. The van der Waals surface area contributed by atoms with Crippen molar-refractivity contribution in [1.82, 2.24) is 5.32 Å². The number of benzene rings is 1. The zero-order valence-corrected chi connectivity index (χ0v) is 16.7. The summed E-state index contributed by atoms with van der Waals surface area (Å²) in [4.78, 5) is 35.6. The fraction of sp³-hybridized carbons (Fsp3) is 0.522. The molecule has 148 valence electrons. The van der Waals surface area contributed by atoms with Gasteiger partial charge in [-0.3, -0.25) is 14.4 Å². The van der Waals surface area contributed by atoms with Gasteiger partial charge < -0.3 is 10.1 Å². The van der Waals surface area contributed by atoms with Gasteiger partial charge in [0.25, 0.3) is 0 Å². The number of hydrogen-bond donors (Lipinski definition) is 1. The normalized spacial score (nSPS) is 32.3. The molecule has 1 amide bonds. The molecule has 5 heteroatoms. The topological polar surface area (TPSA) is 72.5 Å². The maximum Gasteiger partial charge on any atom is 0.308 e. The summed E-state index contributed by atoms with van der Waals surface area (Å²) in [5.74, 6) is 1.61. The number of hydrogen-bond acceptors (Lipinski definition) is 4. The van der Waals surface area contributed by atoms with Crippen molar-refractivity contribution in [1.29, 1.82) is 0 Å². The molecular weight excluding hydrogens is 354 g/mol. The van der Waals surface area contributed by atoms with E-state index in [1.807, 2.05) is 12.1 Å². The molecule has 1 aromatic rings. The Balaban J connectivity index is 1.61. The summed E-state index contributed by atoms with van der Waals surface area (Å²) in [6, 6.07) is 6.00. The molecular formula is C23H27NO4. The van der Waals surface area contributed by atoms with Gasteiger partial charge in [0.1, 0.15) is 5.75 Å². The first kappa shape index (κ1) is 18.9. The summed E-state index contributed by atoms with van der Waals surface area (Å²) in [5.41, 5.74) is 3.06. The molecule has 0 aromatic heterocycles. The van der Waals surface area contributed by atoms with Gasteiger partial charge in [-0.25, -0.2) is 0 Å². The second-order valence-corrected chi connectivity index (χ2v) is 8.73. The number of amides is 1. The molecule has 0 unspecified atom stereocenters. The van der Waals surface area contributed by atoms with Gasteiger partial charge in [0.2, 0.25) is 5.91 Å². The third-order valence-corrected chi connectivity index (χ3v) is 7.05. The van der Waals surface area contributed by atoms with Crippen LogP contribution in [0.4, 0.5) is 0 Å². The quantitative estimate of drug-likeness (QED) is 0.482. The van der Waals surface area contributed by atoms with E-state index in [4.69, 9.17) is 4.74 Å². The lowest BCUT2D eigenvalue weighted by Crippen LogP contribution is -2.42. The molecule has 2 saturated carbocycles. The second-order valence-electron chi connectivity index (χ2n) is 8.73. The number of ketones is 1. The van der Waals surface area contributed by atoms with Crippen molar-refractivity contribution < 1.29 is 19.1 Å². The number of nitrogens with one attached hydrogen (secondary N) is 1. The van der Waals surface area contributed by atoms with E-state index in [2.05, 4.69) is 18.3 Å². The van der Waals surface area contributed by atoms with Crippen LogP contribution in [0, 0.1) is 17.3 Å². The van der Waals surface area contributed by atoms with Gasteiger partial charge in [-0.05, 0) is 73.1 Å². The fourth-order valence-electron chi connectivity index (χ4n) is 5.78. The number of carbonyl (C=O) groups excluding carboxylic acids is 3. The zero-order chi connectivity index (χ0) is 20.1. The minimum absolute atomic E-state index is 0.145. The predicted molar refractivity (Wildman–Crippen MR) is 105 cm³/mol. The van der Waals surface area contributed by atoms with Crippen LogP contribution in [0.3, 0.4) is 0 Å². The molecule has 3 aliphatic carbocycles. The van der Waals surface area contributed by atoms with Gasteiger partial charge in [-0.1, -0.05) is 13.0 Å². The van der Waals surface area contributed by atoms with Crippen LogP contribution in [0.25, 0.3) is 0 Å². The van der Waals surface area contributed by atoms with E-state index in [-0.39, 0.29) is 23.1 Å². The highest BCUT2D eigenvalue weighted by Crippen LogP contribution is 2.60. The smallest absolute Gasteiger partial charge is 0.308 e. The van der Waals surface area contributed by atoms with E-state index < -0.39 is 0 Å². The van der Waals surface area contributed by atoms with Crippen LogP contribution >= 0.6 is 0 Å². The molecule has 2 fully saturated rings. The average Bonchev–Trinajstić information content (AvgIpc) is 2.90. The first-order valence-corrected chi connectivity index (χ1v) is 10.1. The molecule has 0 saturated heterocycles. The first-order chi connectivity index (χ1) is 13.3. The van der Waals surface area contributed by atoms with E-state index in [1.54, 1.807) is 6.20 Å². The van der Waals surface area contributed by atoms with Gasteiger partial charge >= 0.3 is 5.97 Å². The van der Waals surface area contributed by atoms with Crippen LogP contribution in [0.1, 0.15) is 63.5 Å². The van der Waals surface area contributed by atoms with Crippen LogP contribution in [0.5, 0.6) is 5.75 Å². The lowest BCUT2D eigenvalue weighted by atomic mass is 9.55. The maximum absolute atomic E-state index is 13.1. The number of fused-ring (bicyclic) bond motifs is 5. The maximum atomic E-state index is 13.1. The average molecular weight is 381 g/mol. The minimum Gasteiger partial charge on any atom is -0.427 e. The van der Waals surface area contributed by atoms with Crippen LogP contribution in [0.2, 0.25) is 0 Å². The van der Waals surface area contributed by atoms with Gasteiger partial charge in [0.15, 0.2) is 5.78 Å². The summed E-state index contributed by atoms with van der Waals surface area (Å²) in [5, 5.41) is 2.69. The molecule has 4 rings (SSSR count). The molecule has 28 heavy (non-hydrogen) atoms. The van der Waals surface area contributed by atoms with E-state index in [9.17, 15) is 14.4 Å². The SMILES string of the molecule is CC(=O)N/C=C1/C[C@H]2[C@@H]3CCc4cc(OC(C)=O)ccc4[C@H]3CC[C@]2(C)C1=O. The summed E-state index contributed by atoms with van der Waals surface area (Å²) >= 11 is 0. The molecule has 5 nitrogen and oxygen atoms in total. The second kappa shape index (κ2) is 6.87. The van der Waals surface area contributed by atoms with Crippen LogP contribution in [-0.4, -0.2) is 17.7 Å². The Morgan fingerprint density at radius 1 is 1.25 bits per heavy atom. The Labute approximate surface area is 165 Å². The van der Waals surface area contributed by atoms with Crippen LogP contribution < -0.4 is 10.1 Å². The van der Waals surface area contributed by atoms with Gasteiger partial charge in [0, 0.05) is 31.0 Å². The summed E-state index contributed by atoms with van der Waals surface area (Å²) < 4.78 is 5.25. The Hall–Kier alpha value is -2.43. The lowest BCUT2D eigenvalue weighted by molar-refractivity contribution is -0.132. The number of esters is 1. The zero-order valence-electron chi connectivity index (χ0n) is 16.7. The first-order valence-electron chi connectivity index (χ1n) is 10.1. The van der Waals surface area contributed by atoms with Crippen LogP contribution in [-0.2, 0) is 20.8 Å². The number of rotatable bonds is 2. The standard InChI is InChI=1S/C23H27NO4/c1-13(25)24-12-16-11-21-20-6-4-15-10-17(28-14(2)26)5-7-18(15)19(20)8-9-23(21,3)22(16)27/h5,7,10,12,19-21H,4,6,8-9,11H2,1-3H3,(H,24,25)/b16-12-/t19-,20-,21+,23+/m1/s1. The Kier molecular flexibility index (Phi) is 4.64. The monoisotopic (exact) mass is 381 g/mol. The Bertz CT molecular complexity index is 887. The highest BCUT2D eigenvalue weighted by atomic mass is 16.5. The van der Waals surface area contributed by atoms with Crippen molar-refractivity contribution >= 4 is 17.7 Å². The molecule has 0 aliphatic heterocycles. The van der Waals surface area contributed by atoms with Crippen molar-refractivity contribution in [3.63, 3.8) is 0 Å². The lowest BCUT2D eigenvalue weighted by Gasteiger charge is -2.48. The number of aryl methyl sites for hydroxylation is 1. The van der Waals surface area contributed by atoms with Crippen molar-refractivity contribution in [2.75, 3.05) is 0 Å². The molecule has 4 atom stereocenters. The molecule has 0 radical (unpaired) electrons. The third kappa shape index (κ3) is 3.07. The Morgan fingerprint density at radius 2 is 2.04 bits per heavy atom. The van der Waals surface area contributed by atoms with E-state index in [0.717, 1.165) is 37.7 Å². The number of allylic oxidation sites excluding steroid dienone is 1. The van der Waals surface area contributed by atoms with Gasteiger partial charge in [0.05, 0.1) is 0 Å². The summed E-state index contributed by atoms with van der Waals surface area (Å²) in [6.07, 6.45) is 6.24. The van der Waals surface area contributed by atoms with Crippen molar-refractivity contribution in [2.24, 2.45) is 17.3 Å². The summed E-state index contributed by atoms with van der Waals surface area (Å²) in [7, 11) is 0. The van der Waals surface area contributed by atoms with Crippen molar-refractivity contribution in [3.8, 4) is 5.75 Å². The third-order valence-electron chi connectivity index (χ3n) is 7.05. The minimum atomic E-state index is -0.319. The number of carbonyl (C=O) groups is 3. The molecule has 3 aliphatic rings. The van der Waals surface area contributed by atoms with Gasteiger partial charge in [-0.2, -0.15) is 0 Å². The van der Waals surface area contributed by atoms with E-state index in [0.29, 0.717) is 23.5 Å². The number of ether oxygens (including phenoxy) is 1. The number of Topliss-reactive ketones (excluding diaryl/α,β-unsaturated/α-hetero) is 1. The largest absolute Gasteiger partial charge is 0.427 e.